The summed E-state index contributed by atoms with van der Waals surface area (Å²) in [6.45, 7) is 3.95. The summed E-state index contributed by atoms with van der Waals surface area (Å²) in [4.78, 5) is 11.2. The predicted molar refractivity (Wildman–Crippen MR) is 123 cm³/mol. The molecule has 2 N–H and O–H groups in total. The zero-order chi connectivity index (χ0) is 18.9. The number of methoxy groups -OCH3 is 2. The van der Waals surface area contributed by atoms with Crippen LogP contribution < -0.4 is 25.0 Å². The van der Waals surface area contributed by atoms with Crippen molar-refractivity contribution in [1.82, 2.24) is 15.6 Å². The summed E-state index contributed by atoms with van der Waals surface area (Å²) in [6.07, 6.45) is 0. The van der Waals surface area contributed by atoms with E-state index in [9.17, 15) is 0 Å². The summed E-state index contributed by atoms with van der Waals surface area (Å²) in [5, 5.41) is 9.62. The second kappa shape index (κ2) is 11.9. The molecule has 1 heterocycles. The molecular formula is C18H28IN5O2S. The maximum atomic E-state index is 5.43. The van der Waals surface area contributed by atoms with Crippen molar-refractivity contribution < 1.29 is 9.47 Å². The minimum Gasteiger partial charge on any atom is -0.497 e. The lowest BCUT2D eigenvalue weighted by Crippen LogP contribution is -2.36. The fourth-order valence-corrected chi connectivity index (χ4v) is 3.00. The first-order chi connectivity index (χ1) is 12.6. The molecule has 0 radical (unpaired) electrons. The van der Waals surface area contributed by atoms with Crippen LogP contribution in [0.4, 0.5) is 5.13 Å². The molecule has 0 fully saturated rings. The smallest absolute Gasteiger partial charge is 0.191 e. The van der Waals surface area contributed by atoms with Crippen molar-refractivity contribution in [3.8, 4) is 11.5 Å². The van der Waals surface area contributed by atoms with Crippen LogP contribution in [0.5, 0.6) is 11.5 Å². The minimum absolute atomic E-state index is 0. The Balaban J connectivity index is 0.00000364. The van der Waals surface area contributed by atoms with E-state index in [4.69, 9.17) is 9.47 Å². The van der Waals surface area contributed by atoms with Crippen LogP contribution in [0.1, 0.15) is 18.2 Å². The number of nitrogens with one attached hydrogen (secondary N) is 2. The van der Waals surface area contributed by atoms with Gasteiger partial charge in [0.15, 0.2) is 11.1 Å². The number of aromatic nitrogens is 1. The number of benzene rings is 1. The molecule has 0 aliphatic rings. The molecule has 0 amide bonds. The van der Waals surface area contributed by atoms with E-state index in [2.05, 4.69) is 26.0 Å². The SMILES string of the molecule is CCNC(=NCc1ccc(OC)cc1OC)NCc1csc(N(C)C)n1.I. The largest absolute Gasteiger partial charge is 0.497 e. The Morgan fingerprint density at radius 3 is 2.59 bits per heavy atom. The molecule has 0 saturated carbocycles. The topological polar surface area (TPSA) is 71.0 Å². The van der Waals surface area contributed by atoms with Gasteiger partial charge in [-0.1, -0.05) is 0 Å². The van der Waals surface area contributed by atoms with Crippen LogP contribution in [0.15, 0.2) is 28.6 Å². The highest BCUT2D eigenvalue weighted by Crippen LogP contribution is 2.25. The Hall–Kier alpha value is -1.75. The van der Waals surface area contributed by atoms with Crippen molar-refractivity contribution >= 4 is 46.4 Å². The predicted octanol–water partition coefficient (Wildman–Crippen LogP) is 3.10. The molecule has 9 heteroatoms. The van der Waals surface area contributed by atoms with Gasteiger partial charge in [0.2, 0.25) is 0 Å². The monoisotopic (exact) mass is 505 g/mol. The normalized spacial score (nSPS) is 10.8. The van der Waals surface area contributed by atoms with Crippen LogP contribution in [-0.2, 0) is 13.1 Å². The van der Waals surface area contributed by atoms with Crippen molar-refractivity contribution in [3.05, 3.63) is 34.8 Å². The van der Waals surface area contributed by atoms with Gasteiger partial charge in [0.05, 0.1) is 33.0 Å². The number of rotatable bonds is 8. The molecule has 0 unspecified atom stereocenters. The van der Waals surface area contributed by atoms with Crippen molar-refractivity contribution in [2.45, 2.75) is 20.0 Å². The Labute approximate surface area is 182 Å². The lowest BCUT2D eigenvalue weighted by Gasteiger charge is -2.12. The van der Waals surface area contributed by atoms with Gasteiger partial charge in [-0.2, -0.15) is 0 Å². The summed E-state index contributed by atoms with van der Waals surface area (Å²) in [6, 6.07) is 5.74. The van der Waals surface area contributed by atoms with E-state index in [1.54, 1.807) is 25.6 Å². The van der Waals surface area contributed by atoms with Crippen LogP contribution in [-0.4, -0.2) is 45.8 Å². The van der Waals surface area contributed by atoms with Gasteiger partial charge >= 0.3 is 0 Å². The van der Waals surface area contributed by atoms with Gasteiger partial charge in [0, 0.05) is 37.6 Å². The maximum Gasteiger partial charge on any atom is 0.191 e. The number of guanidine groups is 1. The van der Waals surface area contributed by atoms with E-state index >= 15 is 0 Å². The molecule has 1 aromatic carbocycles. The van der Waals surface area contributed by atoms with Gasteiger partial charge in [-0.25, -0.2) is 9.98 Å². The van der Waals surface area contributed by atoms with Crippen LogP contribution in [0.3, 0.4) is 0 Å². The van der Waals surface area contributed by atoms with E-state index in [0.717, 1.165) is 40.4 Å². The minimum atomic E-state index is 0. The Morgan fingerprint density at radius 2 is 2.00 bits per heavy atom. The highest BCUT2D eigenvalue weighted by atomic mass is 127. The standard InChI is InChI=1S/C18H27N5O2S.HI/c1-6-19-17(21-11-14-12-26-18(22-14)23(2)3)20-10-13-7-8-15(24-4)9-16(13)25-5;/h7-9,12H,6,10-11H2,1-5H3,(H2,19,20,21);1H. The van der Waals surface area contributed by atoms with E-state index in [-0.39, 0.29) is 24.0 Å². The molecule has 0 bridgehead atoms. The number of anilines is 1. The molecule has 1 aromatic heterocycles. The molecular weight excluding hydrogens is 477 g/mol. The summed E-state index contributed by atoms with van der Waals surface area (Å²) >= 11 is 1.63. The molecule has 2 rings (SSSR count). The Morgan fingerprint density at radius 1 is 1.22 bits per heavy atom. The second-order valence-corrected chi connectivity index (χ2v) is 6.58. The first kappa shape index (κ1) is 23.3. The van der Waals surface area contributed by atoms with Crippen LogP contribution >= 0.6 is 35.3 Å². The van der Waals surface area contributed by atoms with E-state index < -0.39 is 0 Å². The average molecular weight is 505 g/mol. The van der Waals surface area contributed by atoms with Gasteiger partial charge in [-0.3, -0.25) is 0 Å². The van der Waals surface area contributed by atoms with E-state index in [1.165, 1.54) is 0 Å². The Kier molecular flexibility index (Phi) is 10.2. The van der Waals surface area contributed by atoms with E-state index in [0.29, 0.717) is 13.1 Å². The molecule has 0 aliphatic heterocycles. The highest BCUT2D eigenvalue weighted by molar-refractivity contribution is 14.0. The summed E-state index contributed by atoms with van der Waals surface area (Å²) < 4.78 is 10.7. The van der Waals surface area contributed by atoms with Crippen molar-refractivity contribution in [2.75, 3.05) is 39.8 Å². The number of nitrogens with zero attached hydrogens (tertiary/aromatic N) is 3. The maximum absolute atomic E-state index is 5.43. The number of hydrogen-bond acceptors (Lipinski definition) is 6. The van der Waals surface area contributed by atoms with E-state index in [1.807, 2.05) is 44.1 Å². The van der Waals surface area contributed by atoms with Gasteiger partial charge < -0.3 is 25.0 Å². The fourth-order valence-electron chi connectivity index (χ4n) is 2.25. The number of thiazole rings is 1. The zero-order valence-corrected chi connectivity index (χ0v) is 19.6. The molecule has 7 nitrogen and oxygen atoms in total. The first-order valence-corrected chi connectivity index (χ1v) is 9.30. The number of ether oxygens (including phenoxy) is 2. The highest BCUT2D eigenvalue weighted by Gasteiger charge is 2.07. The first-order valence-electron chi connectivity index (χ1n) is 8.42. The van der Waals surface area contributed by atoms with Crippen molar-refractivity contribution in [3.63, 3.8) is 0 Å². The summed E-state index contributed by atoms with van der Waals surface area (Å²) in [7, 11) is 7.27. The average Bonchev–Trinajstić information content (AvgIpc) is 3.13. The van der Waals surface area contributed by atoms with Gasteiger partial charge in [0.25, 0.3) is 0 Å². The number of hydrogen-bond donors (Lipinski definition) is 2. The molecule has 0 atom stereocenters. The van der Waals surface area contributed by atoms with Crippen LogP contribution in [0, 0.1) is 0 Å². The summed E-state index contributed by atoms with van der Waals surface area (Å²) in [5.41, 5.74) is 1.99. The molecule has 150 valence electrons. The Bertz CT molecular complexity index is 736. The lowest BCUT2D eigenvalue weighted by molar-refractivity contribution is 0.391. The van der Waals surface area contributed by atoms with Crippen LogP contribution in [0.25, 0.3) is 0 Å². The molecule has 0 aliphatic carbocycles. The fraction of sp³-hybridized carbons (Fsp3) is 0.444. The number of halogens is 1. The molecule has 27 heavy (non-hydrogen) atoms. The molecule has 0 saturated heterocycles. The zero-order valence-electron chi connectivity index (χ0n) is 16.4. The van der Waals surface area contributed by atoms with Crippen molar-refractivity contribution in [1.29, 1.82) is 0 Å². The number of aliphatic imine (C=N–C) groups is 1. The van der Waals surface area contributed by atoms with Crippen molar-refractivity contribution in [2.24, 2.45) is 4.99 Å². The third-order valence-electron chi connectivity index (χ3n) is 3.61. The molecule has 0 spiro atoms. The second-order valence-electron chi connectivity index (χ2n) is 5.74. The van der Waals surface area contributed by atoms with Crippen LogP contribution in [0.2, 0.25) is 0 Å². The molecule has 2 aromatic rings. The van der Waals surface area contributed by atoms with Gasteiger partial charge in [-0.15, -0.1) is 35.3 Å². The third-order valence-corrected chi connectivity index (χ3v) is 4.66. The third kappa shape index (κ3) is 7.06. The lowest BCUT2D eigenvalue weighted by atomic mass is 10.2. The quantitative estimate of drug-likeness (QED) is 0.327. The van der Waals surface area contributed by atoms with Gasteiger partial charge in [-0.05, 0) is 19.1 Å². The summed E-state index contributed by atoms with van der Waals surface area (Å²) in [5.74, 6) is 2.27. The van der Waals surface area contributed by atoms with Gasteiger partial charge in [0.1, 0.15) is 11.5 Å².